The van der Waals surface area contributed by atoms with Crippen LogP contribution in [0.15, 0.2) is 42.5 Å². The Hall–Kier alpha value is -3.66. The molecule has 4 amide bonds. The molecular weight excluding hydrogens is 467 g/mol. The van der Waals surface area contributed by atoms with Gasteiger partial charge in [-0.3, -0.25) is 9.59 Å². The van der Waals surface area contributed by atoms with E-state index in [1.165, 1.54) is 6.07 Å². The largest absolute Gasteiger partial charge is 0.490 e. The Morgan fingerprint density at radius 2 is 1.94 bits per heavy atom. The standard InChI is InChI=1S/C26H31FN4O5/c1-3-28-26(34)30-17-8-11-22-19(12-17)25(33)31(2)21-10-9-18(36-23(21)15-35-22)13-24(32)29-14-16-6-4-5-7-20(16)27/h4-8,11-12,18,21,23H,3,9-10,13-15H2,1-2H3,(H,29,32)(H2,28,30,34)/t18-,21+,23-/m1/s1. The molecule has 1 saturated heterocycles. The number of likely N-dealkylation sites (N-methyl/N-ethyl adjacent to an activating group) is 1. The minimum absolute atomic E-state index is 0.109. The summed E-state index contributed by atoms with van der Waals surface area (Å²) in [6, 6.07) is 10.7. The maximum Gasteiger partial charge on any atom is 0.319 e. The average Bonchev–Trinajstić information content (AvgIpc) is 2.86. The quantitative estimate of drug-likeness (QED) is 0.567. The lowest BCUT2D eigenvalue weighted by Gasteiger charge is -2.42. The zero-order valence-electron chi connectivity index (χ0n) is 20.4. The van der Waals surface area contributed by atoms with E-state index in [1.54, 1.807) is 48.3 Å². The van der Waals surface area contributed by atoms with Crippen LogP contribution in [0.2, 0.25) is 0 Å². The number of nitrogens with zero attached hydrogens (tertiary/aromatic N) is 1. The van der Waals surface area contributed by atoms with Crippen molar-refractivity contribution in [3.63, 3.8) is 0 Å². The predicted octanol–water partition coefficient (Wildman–Crippen LogP) is 3.05. The molecule has 0 saturated carbocycles. The van der Waals surface area contributed by atoms with Gasteiger partial charge in [-0.05, 0) is 44.0 Å². The third kappa shape index (κ3) is 5.93. The Balaban J connectivity index is 1.38. The Bertz CT molecular complexity index is 1130. The number of carbonyl (C=O) groups excluding carboxylic acids is 3. The van der Waals surface area contributed by atoms with Gasteiger partial charge < -0.3 is 30.3 Å². The van der Waals surface area contributed by atoms with Gasteiger partial charge >= 0.3 is 6.03 Å². The Labute approximate surface area is 209 Å². The Kier molecular flexibility index (Phi) is 8.04. The summed E-state index contributed by atoms with van der Waals surface area (Å²) >= 11 is 0. The summed E-state index contributed by atoms with van der Waals surface area (Å²) < 4.78 is 25.9. The van der Waals surface area contributed by atoms with Crippen LogP contribution in [-0.2, 0) is 16.1 Å². The zero-order valence-corrected chi connectivity index (χ0v) is 20.4. The van der Waals surface area contributed by atoms with E-state index < -0.39 is 6.10 Å². The van der Waals surface area contributed by atoms with Crippen molar-refractivity contribution in [1.82, 2.24) is 15.5 Å². The molecule has 2 heterocycles. The van der Waals surface area contributed by atoms with Crippen molar-refractivity contribution in [2.24, 2.45) is 0 Å². The topological polar surface area (TPSA) is 109 Å². The number of carbonyl (C=O) groups is 3. The predicted molar refractivity (Wildman–Crippen MR) is 131 cm³/mol. The number of urea groups is 1. The van der Waals surface area contributed by atoms with Crippen molar-refractivity contribution >= 4 is 23.5 Å². The first kappa shape index (κ1) is 25.4. The van der Waals surface area contributed by atoms with Crippen LogP contribution in [-0.4, -0.2) is 61.2 Å². The average molecular weight is 499 g/mol. The lowest BCUT2D eigenvalue weighted by Crippen LogP contribution is -2.53. The van der Waals surface area contributed by atoms with Crippen molar-refractivity contribution in [3.8, 4) is 5.75 Å². The maximum absolute atomic E-state index is 13.8. The highest BCUT2D eigenvalue weighted by Crippen LogP contribution is 2.32. The van der Waals surface area contributed by atoms with Crippen LogP contribution in [0.4, 0.5) is 14.9 Å². The summed E-state index contributed by atoms with van der Waals surface area (Å²) in [5, 5.41) is 8.11. The number of amides is 4. The van der Waals surface area contributed by atoms with E-state index in [-0.39, 0.29) is 55.4 Å². The van der Waals surface area contributed by atoms with E-state index in [2.05, 4.69) is 16.0 Å². The number of nitrogens with one attached hydrogen (secondary N) is 3. The smallest absolute Gasteiger partial charge is 0.319 e. The fraction of sp³-hybridized carbons (Fsp3) is 0.423. The number of fused-ring (bicyclic) bond motifs is 2. The van der Waals surface area contributed by atoms with Gasteiger partial charge in [-0.25, -0.2) is 9.18 Å². The highest BCUT2D eigenvalue weighted by Gasteiger charge is 2.39. The van der Waals surface area contributed by atoms with Gasteiger partial charge in [-0.1, -0.05) is 18.2 Å². The molecule has 36 heavy (non-hydrogen) atoms. The molecular formula is C26H31FN4O5. The molecule has 9 nitrogen and oxygen atoms in total. The van der Waals surface area contributed by atoms with Crippen LogP contribution < -0.4 is 20.7 Å². The second-order valence-corrected chi connectivity index (χ2v) is 8.94. The number of ether oxygens (including phenoxy) is 2. The fourth-order valence-electron chi connectivity index (χ4n) is 4.56. The lowest BCUT2D eigenvalue weighted by molar-refractivity contribution is -0.134. The second kappa shape index (κ2) is 11.4. The van der Waals surface area contributed by atoms with E-state index in [9.17, 15) is 18.8 Å². The highest BCUT2D eigenvalue weighted by molar-refractivity contribution is 5.99. The monoisotopic (exact) mass is 498 g/mol. The molecule has 10 heteroatoms. The number of anilines is 1. The molecule has 0 radical (unpaired) electrons. The molecule has 2 aromatic rings. The van der Waals surface area contributed by atoms with Gasteiger partial charge in [0.2, 0.25) is 5.91 Å². The molecule has 2 aliphatic heterocycles. The molecule has 0 aliphatic carbocycles. The van der Waals surface area contributed by atoms with E-state index in [4.69, 9.17) is 9.47 Å². The molecule has 2 aliphatic rings. The van der Waals surface area contributed by atoms with Gasteiger partial charge in [0.25, 0.3) is 5.91 Å². The molecule has 4 rings (SSSR count). The summed E-state index contributed by atoms with van der Waals surface area (Å²) in [4.78, 5) is 39.3. The summed E-state index contributed by atoms with van der Waals surface area (Å²) in [5.41, 5.74) is 1.27. The van der Waals surface area contributed by atoms with E-state index >= 15 is 0 Å². The lowest BCUT2D eigenvalue weighted by atomic mass is 9.94. The van der Waals surface area contributed by atoms with E-state index in [0.717, 1.165) is 0 Å². The molecule has 0 bridgehead atoms. The third-order valence-electron chi connectivity index (χ3n) is 6.45. The normalized spacial score (nSPS) is 21.2. The number of rotatable bonds is 6. The van der Waals surface area contributed by atoms with Crippen LogP contribution in [0.1, 0.15) is 42.1 Å². The van der Waals surface area contributed by atoms with E-state index in [0.29, 0.717) is 42.0 Å². The fourth-order valence-corrected chi connectivity index (χ4v) is 4.56. The number of hydrogen-bond donors (Lipinski definition) is 3. The van der Waals surface area contributed by atoms with Crippen molar-refractivity contribution in [3.05, 3.63) is 59.4 Å². The van der Waals surface area contributed by atoms with Crippen molar-refractivity contribution in [1.29, 1.82) is 0 Å². The van der Waals surface area contributed by atoms with Crippen LogP contribution >= 0.6 is 0 Å². The third-order valence-corrected chi connectivity index (χ3v) is 6.45. The molecule has 2 aromatic carbocycles. The summed E-state index contributed by atoms with van der Waals surface area (Å²) in [7, 11) is 1.73. The minimum atomic E-state index is -0.404. The summed E-state index contributed by atoms with van der Waals surface area (Å²) in [6.45, 7) is 2.63. The van der Waals surface area contributed by atoms with Gasteiger partial charge in [0, 0.05) is 31.4 Å². The first-order valence-corrected chi connectivity index (χ1v) is 12.1. The molecule has 3 atom stereocenters. The minimum Gasteiger partial charge on any atom is -0.490 e. The molecule has 192 valence electrons. The molecule has 3 N–H and O–H groups in total. The second-order valence-electron chi connectivity index (χ2n) is 8.94. The number of halogens is 1. The van der Waals surface area contributed by atoms with E-state index in [1.807, 2.05) is 6.92 Å². The first-order chi connectivity index (χ1) is 17.4. The molecule has 0 unspecified atom stereocenters. The van der Waals surface area contributed by atoms with Gasteiger partial charge in [0.1, 0.15) is 24.3 Å². The summed E-state index contributed by atoms with van der Waals surface area (Å²) in [5.74, 6) is -0.416. The van der Waals surface area contributed by atoms with Gasteiger partial charge in [0.05, 0.1) is 24.1 Å². The van der Waals surface area contributed by atoms with Crippen molar-refractivity contribution in [2.45, 2.75) is 51.0 Å². The Morgan fingerprint density at radius 3 is 2.72 bits per heavy atom. The van der Waals surface area contributed by atoms with Gasteiger partial charge in [-0.15, -0.1) is 0 Å². The van der Waals surface area contributed by atoms with Crippen LogP contribution in [0.25, 0.3) is 0 Å². The van der Waals surface area contributed by atoms with Gasteiger partial charge in [-0.2, -0.15) is 0 Å². The van der Waals surface area contributed by atoms with Crippen LogP contribution in [0, 0.1) is 5.82 Å². The highest BCUT2D eigenvalue weighted by atomic mass is 19.1. The number of hydrogen-bond acceptors (Lipinski definition) is 5. The van der Waals surface area contributed by atoms with Gasteiger partial charge in [0.15, 0.2) is 0 Å². The molecule has 1 fully saturated rings. The summed E-state index contributed by atoms with van der Waals surface area (Å²) in [6.07, 6.45) is 0.645. The van der Waals surface area contributed by atoms with Crippen LogP contribution in [0.3, 0.4) is 0 Å². The molecule has 0 aromatic heterocycles. The molecule has 0 spiro atoms. The SMILES string of the molecule is CCNC(=O)Nc1ccc2c(c1)C(=O)N(C)[C@H]1CC[C@H](CC(=O)NCc3ccccc3F)O[C@@H]1CO2. The Morgan fingerprint density at radius 1 is 1.14 bits per heavy atom. The van der Waals surface area contributed by atoms with Crippen molar-refractivity contribution in [2.75, 3.05) is 25.5 Å². The maximum atomic E-state index is 13.8. The number of benzene rings is 2. The van der Waals surface area contributed by atoms with Crippen LogP contribution in [0.5, 0.6) is 5.75 Å². The first-order valence-electron chi connectivity index (χ1n) is 12.1. The zero-order chi connectivity index (χ0) is 25.7. The van der Waals surface area contributed by atoms with Crippen molar-refractivity contribution < 1.29 is 28.2 Å².